The molecule has 0 bridgehead atoms. The van der Waals surface area contributed by atoms with Crippen molar-refractivity contribution in [2.24, 2.45) is 5.92 Å². The molecule has 3 heterocycles. The van der Waals surface area contributed by atoms with Gasteiger partial charge in [-0.2, -0.15) is 10.4 Å². The first-order chi connectivity index (χ1) is 15.3. The predicted molar refractivity (Wildman–Crippen MR) is 125 cm³/mol. The lowest BCUT2D eigenvalue weighted by Crippen LogP contribution is -2.33. The molecule has 166 valence electrons. The lowest BCUT2D eigenvalue weighted by Gasteiger charge is -2.31. The van der Waals surface area contributed by atoms with Crippen molar-refractivity contribution in [2.45, 2.75) is 32.6 Å². The number of nitriles is 1. The summed E-state index contributed by atoms with van der Waals surface area (Å²) in [6, 6.07) is 12.0. The molecule has 1 saturated heterocycles. The van der Waals surface area contributed by atoms with Crippen molar-refractivity contribution >= 4 is 28.4 Å². The van der Waals surface area contributed by atoms with Crippen LogP contribution in [0.5, 0.6) is 0 Å². The maximum Gasteiger partial charge on any atom is 0.354 e. The van der Waals surface area contributed by atoms with Gasteiger partial charge in [0.25, 0.3) is 0 Å². The van der Waals surface area contributed by atoms with Gasteiger partial charge in [-0.25, -0.2) is 14.5 Å². The second-order valence-corrected chi connectivity index (χ2v) is 8.79. The highest BCUT2D eigenvalue weighted by Crippen LogP contribution is 2.36. The molecule has 8 nitrogen and oxygen atoms in total. The smallest absolute Gasteiger partial charge is 0.354 e. The molecule has 0 unspecified atom stereocenters. The summed E-state index contributed by atoms with van der Waals surface area (Å²) in [5, 5.41) is 24.8. The number of nitrogens with zero attached hydrogens (tertiary/aromatic N) is 6. The van der Waals surface area contributed by atoms with Crippen LogP contribution in [0.1, 0.15) is 48.8 Å². The normalized spacial score (nSPS) is 14.7. The summed E-state index contributed by atoms with van der Waals surface area (Å²) < 4.78 is 1.76. The van der Waals surface area contributed by atoms with Crippen LogP contribution in [0.3, 0.4) is 0 Å². The summed E-state index contributed by atoms with van der Waals surface area (Å²) in [6.07, 6.45) is 1.53. The fourth-order valence-corrected chi connectivity index (χ4v) is 4.22. The van der Waals surface area contributed by atoms with Crippen molar-refractivity contribution in [3.05, 3.63) is 41.7 Å². The molecular formula is C24H28N6O2. The van der Waals surface area contributed by atoms with Crippen molar-refractivity contribution in [2.75, 3.05) is 37.0 Å². The molecule has 8 heteroatoms. The molecule has 3 aromatic rings. The van der Waals surface area contributed by atoms with Gasteiger partial charge in [-0.05, 0) is 43.0 Å². The van der Waals surface area contributed by atoms with Crippen LogP contribution in [0.4, 0.5) is 11.4 Å². The van der Waals surface area contributed by atoms with Gasteiger partial charge in [-0.3, -0.25) is 0 Å². The molecule has 32 heavy (non-hydrogen) atoms. The quantitative estimate of drug-likeness (QED) is 0.649. The van der Waals surface area contributed by atoms with E-state index in [1.807, 2.05) is 43.3 Å². The SMILES string of the molecule is CC(C)c1nn(-c2cccc(N(C)C)c2)c2nc(C(=O)O)cc(N3CCC(C#N)CC3)c12. The maximum absolute atomic E-state index is 11.9. The minimum atomic E-state index is -1.07. The molecule has 0 spiro atoms. The van der Waals surface area contributed by atoms with Gasteiger partial charge < -0.3 is 14.9 Å². The third-order valence-electron chi connectivity index (χ3n) is 6.02. The van der Waals surface area contributed by atoms with E-state index < -0.39 is 5.97 Å². The highest BCUT2D eigenvalue weighted by Gasteiger charge is 2.27. The molecule has 1 N–H and O–H groups in total. The van der Waals surface area contributed by atoms with Crippen molar-refractivity contribution < 1.29 is 9.90 Å². The zero-order chi connectivity index (χ0) is 23.0. The van der Waals surface area contributed by atoms with E-state index in [0.29, 0.717) is 18.7 Å². The van der Waals surface area contributed by atoms with E-state index >= 15 is 0 Å². The summed E-state index contributed by atoms with van der Waals surface area (Å²) in [4.78, 5) is 20.7. The Labute approximate surface area is 187 Å². The van der Waals surface area contributed by atoms with Gasteiger partial charge in [0.05, 0.1) is 28.5 Å². The van der Waals surface area contributed by atoms with Crippen LogP contribution in [0.25, 0.3) is 16.7 Å². The van der Waals surface area contributed by atoms with Crippen LogP contribution < -0.4 is 9.80 Å². The highest BCUT2D eigenvalue weighted by molar-refractivity contribution is 5.98. The van der Waals surface area contributed by atoms with E-state index in [0.717, 1.165) is 41.0 Å². The molecule has 0 saturated carbocycles. The molecule has 2 aromatic heterocycles. The van der Waals surface area contributed by atoms with Crippen LogP contribution in [0, 0.1) is 17.2 Å². The largest absolute Gasteiger partial charge is 0.477 e. The van der Waals surface area contributed by atoms with Gasteiger partial charge in [-0.15, -0.1) is 0 Å². The number of anilines is 2. The second-order valence-electron chi connectivity index (χ2n) is 8.79. The lowest BCUT2D eigenvalue weighted by atomic mass is 9.97. The number of benzene rings is 1. The summed E-state index contributed by atoms with van der Waals surface area (Å²) in [7, 11) is 3.95. The van der Waals surface area contributed by atoms with Gasteiger partial charge in [0.2, 0.25) is 0 Å². The van der Waals surface area contributed by atoms with Gasteiger partial charge in [-0.1, -0.05) is 19.9 Å². The Balaban J connectivity index is 1.96. The van der Waals surface area contributed by atoms with E-state index in [1.165, 1.54) is 0 Å². The molecule has 1 aromatic carbocycles. The average Bonchev–Trinajstić information content (AvgIpc) is 3.18. The van der Waals surface area contributed by atoms with Crippen LogP contribution in [-0.2, 0) is 0 Å². The first kappa shape index (κ1) is 21.6. The van der Waals surface area contributed by atoms with Gasteiger partial charge in [0, 0.05) is 38.8 Å². The predicted octanol–water partition coefficient (Wildman–Crippen LogP) is 4.05. The second kappa shape index (κ2) is 8.50. The fraction of sp³-hybridized carbons (Fsp3) is 0.417. The van der Waals surface area contributed by atoms with Crippen LogP contribution in [-0.4, -0.2) is 53.0 Å². The molecule has 1 fully saturated rings. The number of carboxylic acids is 1. The topological polar surface area (TPSA) is 98.3 Å². The van der Waals surface area contributed by atoms with E-state index in [1.54, 1.807) is 10.7 Å². The number of pyridine rings is 1. The summed E-state index contributed by atoms with van der Waals surface area (Å²) in [5.74, 6) is -0.895. The maximum atomic E-state index is 11.9. The van der Waals surface area contributed by atoms with Crippen molar-refractivity contribution in [1.82, 2.24) is 14.8 Å². The zero-order valence-corrected chi connectivity index (χ0v) is 18.9. The standard InChI is InChI=1S/C24H28N6O2/c1-15(2)22-21-20(29-10-8-16(14-25)9-11-29)13-19(24(31)32)26-23(21)30(27-22)18-7-5-6-17(12-18)28(3)4/h5-7,12-13,15-16H,8-11H2,1-4H3,(H,31,32). The average molecular weight is 433 g/mol. The number of fused-ring (bicyclic) bond motifs is 1. The number of carboxylic acid groups (broad SMARTS) is 1. The lowest BCUT2D eigenvalue weighted by molar-refractivity contribution is 0.0691. The zero-order valence-electron chi connectivity index (χ0n) is 18.9. The van der Waals surface area contributed by atoms with Crippen molar-refractivity contribution in [1.29, 1.82) is 5.26 Å². The Hall–Kier alpha value is -3.60. The van der Waals surface area contributed by atoms with Crippen LogP contribution >= 0.6 is 0 Å². The molecule has 1 aliphatic rings. The van der Waals surface area contributed by atoms with E-state index in [9.17, 15) is 15.2 Å². The summed E-state index contributed by atoms with van der Waals surface area (Å²) in [6.45, 7) is 5.57. The molecule has 0 radical (unpaired) electrons. The van der Waals surface area contributed by atoms with E-state index in [4.69, 9.17) is 5.10 Å². The number of piperidine rings is 1. The van der Waals surface area contributed by atoms with E-state index in [-0.39, 0.29) is 17.5 Å². The monoisotopic (exact) mass is 432 g/mol. The molecule has 4 rings (SSSR count). The Morgan fingerprint density at radius 3 is 2.56 bits per heavy atom. The van der Waals surface area contributed by atoms with Crippen molar-refractivity contribution in [3.63, 3.8) is 0 Å². The number of hydrogen-bond acceptors (Lipinski definition) is 6. The summed E-state index contributed by atoms with van der Waals surface area (Å²) >= 11 is 0. The number of rotatable bonds is 5. The molecular weight excluding hydrogens is 404 g/mol. The molecule has 0 atom stereocenters. The third kappa shape index (κ3) is 3.86. The van der Waals surface area contributed by atoms with Crippen molar-refractivity contribution in [3.8, 4) is 11.8 Å². The van der Waals surface area contributed by atoms with Gasteiger partial charge in [0.15, 0.2) is 11.3 Å². The first-order valence-corrected chi connectivity index (χ1v) is 10.9. The number of aromatic nitrogens is 3. The van der Waals surface area contributed by atoms with Gasteiger partial charge in [0.1, 0.15) is 0 Å². The number of carbonyl (C=O) groups is 1. The number of hydrogen-bond donors (Lipinski definition) is 1. The number of aromatic carboxylic acids is 1. The van der Waals surface area contributed by atoms with E-state index in [2.05, 4.69) is 29.8 Å². The Morgan fingerprint density at radius 2 is 1.97 bits per heavy atom. The highest BCUT2D eigenvalue weighted by atomic mass is 16.4. The summed E-state index contributed by atoms with van der Waals surface area (Å²) in [5.41, 5.74) is 4.11. The molecule has 1 aliphatic heterocycles. The molecule has 0 amide bonds. The molecule has 0 aliphatic carbocycles. The Kier molecular flexibility index (Phi) is 5.74. The Bertz CT molecular complexity index is 1200. The minimum absolute atomic E-state index is 0.00451. The fourth-order valence-electron chi connectivity index (χ4n) is 4.22. The Morgan fingerprint density at radius 1 is 1.25 bits per heavy atom. The first-order valence-electron chi connectivity index (χ1n) is 10.9. The van der Waals surface area contributed by atoms with Gasteiger partial charge >= 0.3 is 5.97 Å². The minimum Gasteiger partial charge on any atom is -0.477 e. The van der Waals surface area contributed by atoms with Crippen LogP contribution in [0.2, 0.25) is 0 Å². The third-order valence-corrected chi connectivity index (χ3v) is 6.02. The van der Waals surface area contributed by atoms with Crippen LogP contribution in [0.15, 0.2) is 30.3 Å².